The fourth-order valence-corrected chi connectivity index (χ4v) is 3.54. The summed E-state index contributed by atoms with van der Waals surface area (Å²) in [6.07, 6.45) is 1.02. The highest BCUT2D eigenvalue weighted by Crippen LogP contribution is 2.27. The molecule has 0 spiro atoms. The molecule has 0 bridgehead atoms. The van der Waals surface area contributed by atoms with Crippen molar-refractivity contribution in [1.82, 2.24) is 10.3 Å². The average molecular weight is 490 g/mol. The predicted octanol–water partition coefficient (Wildman–Crippen LogP) is 6.20. The maximum Gasteiger partial charge on any atom is 0.257 e. The van der Waals surface area contributed by atoms with Gasteiger partial charge in [0.25, 0.3) is 5.91 Å². The number of amides is 1. The Hall–Kier alpha value is -3.91. The monoisotopic (exact) mass is 489 g/mol. The molecule has 0 radical (unpaired) electrons. The molecule has 1 amide bonds. The van der Waals surface area contributed by atoms with Crippen LogP contribution in [0.1, 0.15) is 37.6 Å². The molecule has 0 aliphatic rings. The average Bonchev–Trinajstić information content (AvgIpc) is 3.28. The lowest BCUT2D eigenvalue weighted by molar-refractivity contribution is 0.0977. The summed E-state index contributed by atoms with van der Waals surface area (Å²) in [7, 11) is 0. The van der Waals surface area contributed by atoms with Crippen molar-refractivity contribution in [3.05, 3.63) is 72.3 Å². The van der Waals surface area contributed by atoms with Gasteiger partial charge in [-0.15, -0.1) is 0 Å². The minimum atomic E-state index is -0.308. The van der Waals surface area contributed by atoms with Crippen LogP contribution in [0.25, 0.3) is 22.6 Å². The fraction of sp³-hybridized carbons (Fsp3) is 0.222. The highest BCUT2D eigenvalue weighted by atomic mass is 32.1. The summed E-state index contributed by atoms with van der Waals surface area (Å²) in [6.45, 7) is 6.61. The van der Waals surface area contributed by atoms with Crippen LogP contribution in [0.4, 0.5) is 5.69 Å². The van der Waals surface area contributed by atoms with Gasteiger partial charge in [0.15, 0.2) is 10.7 Å². The Balaban J connectivity index is 1.39. The van der Waals surface area contributed by atoms with E-state index >= 15 is 0 Å². The second kappa shape index (κ2) is 11.0. The number of anilines is 1. The van der Waals surface area contributed by atoms with Crippen LogP contribution in [-0.4, -0.2) is 28.7 Å². The zero-order valence-corrected chi connectivity index (χ0v) is 20.6. The van der Waals surface area contributed by atoms with Gasteiger partial charge < -0.3 is 19.2 Å². The number of fused-ring (bicyclic) bond motifs is 1. The number of carbonyl (C=O) groups is 1. The topological polar surface area (TPSA) is 85.6 Å². The number of nitrogens with zero attached hydrogens (tertiary/aromatic N) is 1. The van der Waals surface area contributed by atoms with Crippen LogP contribution in [0, 0.1) is 0 Å². The molecule has 4 aromatic rings. The van der Waals surface area contributed by atoms with E-state index in [-0.39, 0.29) is 17.1 Å². The molecule has 1 atom stereocenters. The van der Waals surface area contributed by atoms with Crippen LogP contribution in [0.3, 0.4) is 0 Å². The van der Waals surface area contributed by atoms with Crippen molar-refractivity contribution in [2.75, 3.05) is 11.9 Å². The normalized spacial score (nSPS) is 11.6. The van der Waals surface area contributed by atoms with Crippen molar-refractivity contribution in [3.8, 4) is 23.0 Å². The molecule has 8 heteroatoms. The van der Waals surface area contributed by atoms with Gasteiger partial charge in [-0.25, -0.2) is 4.98 Å². The number of aromatic nitrogens is 1. The summed E-state index contributed by atoms with van der Waals surface area (Å²) in [5.74, 6) is 1.72. The van der Waals surface area contributed by atoms with Crippen molar-refractivity contribution in [2.24, 2.45) is 0 Å². The van der Waals surface area contributed by atoms with Gasteiger partial charge in [0.2, 0.25) is 5.89 Å². The Bertz CT molecular complexity index is 1320. The van der Waals surface area contributed by atoms with Crippen molar-refractivity contribution in [1.29, 1.82) is 0 Å². The van der Waals surface area contributed by atoms with E-state index in [9.17, 15) is 4.79 Å². The van der Waals surface area contributed by atoms with Gasteiger partial charge in [-0.1, -0.05) is 6.92 Å². The van der Waals surface area contributed by atoms with Crippen LogP contribution < -0.4 is 20.1 Å². The molecule has 2 N–H and O–H groups in total. The molecule has 0 saturated heterocycles. The second-order valence-corrected chi connectivity index (χ2v) is 8.34. The van der Waals surface area contributed by atoms with Gasteiger partial charge in [0, 0.05) is 16.8 Å². The summed E-state index contributed by atoms with van der Waals surface area (Å²) in [5.41, 5.74) is 3.34. The molecule has 0 aliphatic carbocycles. The van der Waals surface area contributed by atoms with E-state index in [2.05, 4.69) is 22.5 Å². The maximum atomic E-state index is 12.6. The number of ether oxygens (including phenoxy) is 2. The molecular weight excluding hydrogens is 462 g/mol. The van der Waals surface area contributed by atoms with Crippen LogP contribution in [0.2, 0.25) is 0 Å². The van der Waals surface area contributed by atoms with Gasteiger partial charge in [-0.05, 0) is 99.2 Å². The lowest BCUT2D eigenvalue weighted by Gasteiger charge is -2.13. The number of benzene rings is 3. The summed E-state index contributed by atoms with van der Waals surface area (Å²) in [6, 6.07) is 20.0. The standard InChI is InChI=1S/C27H27N3O4S/c1-4-17(3)33-22-13-6-18(7-14-22)25(31)30-27(35)28-20-10-15-24-23(16-20)29-26(34-24)19-8-11-21(12-9-19)32-5-2/h6-17H,4-5H2,1-3H3,(H2,28,30,31,35)/t17-/m1/s1. The maximum absolute atomic E-state index is 12.6. The molecule has 0 unspecified atom stereocenters. The number of carbonyl (C=O) groups excluding carboxylic acids is 1. The van der Waals surface area contributed by atoms with Gasteiger partial charge in [-0.3, -0.25) is 10.1 Å². The molecule has 0 saturated carbocycles. The van der Waals surface area contributed by atoms with Crippen LogP contribution in [0.15, 0.2) is 71.1 Å². The molecule has 0 aliphatic heterocycles. The summed E-state index contributed by atoms with van der Waals surface area (Å²) in [5, 5.41) is 5.91. The first-order valence-corrected chi connectivity index (χ1v) is 11.9. The van der Waals surface area contributed by atoms with E-state index in [1.165, 1.54) is 0 Å². The Morgan fingerprint density at radius 1 is 1.03 bits per heavy atom. The highest BCUT2D eigenvalue weighted by molar-refractivity contribution is 7.80. The van der Waals surface area contributed by atoms with Crippen molar-refractivity contribution in [2.45, 2.75) is 33.3 Å². The van der Waals surface area contributed by atoms with Gasteiger partial charge in [0.1, 0.15) is 17.0 Å². The zero-order chi connectivity index (χ0) is 24.8. The molecule has 0 fully saturated rings. The largest absolute Gasteiger partial charge is 0.494 e. The van der Waals surface area contributed by atoms with Crippen LogP contribution >= 0.6 is 12.2 Å². The molecule has 4 rings (SSSR count). The summed E-state index contributed by atoms with van der Waals surface area (Å²) >= 11 is 5.33. The summed E-state index contributed by atoms with van der Waals surface area (Å²) < 4.78 is 17.1. The van der Waals surface area contributed by atoms with E-state index in [0.717, 1.165) is 23.5 Å². The lowest BCUT2D eigenvalue weighted by Crippen LogP contribution is -2.34. The van der Waals surface area contributed by atoms with Crippen molar-refractivity contribution >= 4 is 40.0 Å². The van der Waals surface area contributed by atoms with Crippen LogP contribution in [-0.2, 0) is 0 Å². The third-order valence-electron chi connectivity index (χ3n) is 5.31. The molecule has 1 aromatic heterocycles. The third-order valence-corrected chi connectivity index (χ3v) is 5.52. The molecule has 7 nitrogen and oxygen atoms in total. The molecule has 35 heavy (non-hydrogen) atoms. The number of rotatable bonds is 8. The Labute approximate surface area is 209 Å². The minimum absolute atomic E-state index is 0.116. The lowest BCUT2D eigenvalue weighted by atomic mass is 10.2. The second-order valence-electron chi connectivity index (χ2n) is 7.93. The van der Waals surface area contributed by atoms with E-state index in [1.54, 1.807) is 24.3 Å². The third kappa shape index (κ3) is 6.16. The molecule has 180 valence electrons. The molecular formula is C27H27N3O4S. The first-order valence-electron chi connectivity index (χ1n) is 11.5. The first kappa shape index (κ1) is 24.2. The van der Waals surface area contributed by atoms with Crippen molar-refractivity contribution in [3.63, 3.8) is 0 Å². The summed E-state index contributed by atoms with van der Waals surface area (Å²) in [4.78, 5) is 17.1. The Morgan fingerprint density at radius 2 is 1.74 bits per heavy atom. The van der Waals surface area contributed by atoms with Crippen LogP contribution in [0.5, 0.6) is 11.5 Å². The Kier molecular flexibility index (Phi) is 7.62. The predicted molar refractivity (Wildman–Crippen MR) is 141 cm³/mol. The molecule has 3 aromatic carbocycles. The van der Waals surface area contributed by atoms with E-state index in [0.29, 0.717) is 34.8 Å². The minimum Gasteiger partial charge on any atom is -0.494 e. The number of hydrogen-bond acceptors (Lipinski definition) is 6. The van der Waals surface area contributed by atoms with Gasteiger partial charge >= 0.3 is 0 Å². The van der Waals surface area contributed by atoms with Gasteiger partial charge in [-0.2, -0.15) is 0 Å². The van der Waals surface area contributed by atoms with Crippen molar-refractivity contribution < 1.29 is 18.7 Å². The van der Waals surface area contributed by atoms with E-state index < -0.39 is 0 Å². The fourth-order valence-electron chi connectivity index (χ4n) is 3.33. The van der Waals surface area contributed by atoms with Gasteiger partial charge in [0.05, 0.1) is 12.7 Å². The number of hydrogen-bond donors (Lipinski definition) is 2. The number of nitrogens with one attached hydrogen (secondary N) is 2. The quantitative estimate of drug-likeness (QED) is 0.285. The zero-order valence-electron chi connectivity index (χ0n) is 19.8. The molecule has 1 heterocycles. The number of oxazole rings is 1. The van der Waals surface area contributed by atoms with E-state index in [4.69, 9.17) is 26.1 Å². The smallest absolute Gasteiger partial charge is 0.257 e. The highest BCUT2D eigenvalue weighted by Gasteiger charge is 2.12. The Morgan fingerprint density at radius 3 is 2.43 bits per heavy atom. The SMILES string of the molecule is CCOc1ccc(-c2nc3cc(NC(=S)NC(=O)c4ccc(O[C@H](C)CC)cc4)ccc3o2)cc1. The first-order chi connectivity index (χ1) is 16.9. The number of thiocarbonyl (C=S) groups is 1. The van der Waals surface area contributed by atoms with E-state index in [1.807, 2.05) is 56.3 Å².